The standard InChI is InChI=1S/C9H21NO3S2/c1-3-6-15(12,13)7-5-14(11)8-9(10)4-2/h9H,3-8,10H2,1-2H3. The Morgan fingerprint density at radius 1 is 1.27 bits per heavy atom. The molecular formula is C9H21NO3S2. The summed E-state index contributed by atoms with van der Waals surface area (Å²) in [6.45, 7) is 3.75. The highest BCUT2D eigenvalue weighted by Crippen LogP contribution is 1.97. The average molecular weight is 255 g/mol. The summed E-state index contributed by atoms with van der Waals surface area (Å²) >= 11 is 0. The fraction of sp³-hybridized carbons (Fsp3) is 1.00. The van der Waals surface area contributed by atoms with E-state index in [1.807, 2.05) is 13.8 Å². The Bertz CT molecular complexity index is 288. The van der Waals surface area contributed by atoms with Crippen molar-refractivity contribution in [1.82, 2.24) is 0 Å². The molecule has 92 valence electrons. The molecule has 0 aromatic heterocycles. The van der Waals surface area contributed by atoms with E-state index >= 15 is 0 Å². The average Bonchev–Trinajstić information content (AvgIpc) is 2.15. The SMILES string of the molecule is CCCS(=O)(=O)CCS(=O)CC(N)CC. The molecule has 0 aromatic carbocycles. The number of hydrogen-bond acceptors (Lipinski definition) is 4. The van der Waals surface area contributed by atoms with Gasteiger partial charge >= 0.3 is 0 Å². The molecule has 15 heavy (non-hydrogen) atoms. The highest BCUT2D eigenvalue weighted by atomic mass is 32.2. The van der Waals surface area contributed by atoms with Gasteiger partial charge in [-0.25, -0.2) is 8.42 Å². The Morgan fingerprint density at radius 2 is 1.87 bits per heavy atom. The van der Waals surface area contributed by atoms with Crippen LogP contribution < -0.4 is 5.73 Å². The van der Waals surface area contributed by atoms with E-state index in [1.54, 1.807) is 0 Å². The van der Waals surface area contributed by atoms with Crippen LogP contribution in [0.5, 0.6) is 0 Å². The third-order valence-electron chi connectivity index (χ3n) is 2.06. The smallest absolute Gasteiger partial charge is 0.151 e. The molecule has 2 atom stereocenters. The van der Waals surface area contributed by atoms with Crippen molar-refractivity contribution in [2.24, 2.45) is 5.73 Å². The molecule has 0 heterocycles. The first kappa shape index (κ1) is 15.1. The van der Waals surface area contributed by atoms with Crippen molar-refractivity contribution in [2.45, 2.75) is 32.7 Å². The van der Waals surface area contributed by atoms with Crippen LogP contribution >= 0.6 is 0 Å². The number of nitrogens with two attached hydrogens (primary N) is 1. The van der Waals surface area contributed by atoms with E-state index in [0.717, 1.165) is 6.42 Å². The van der Waals surface area contributed by atoms with Gasteiger partial charge in [-0.05, 0) is 12.8 Å². The van der Waals surface area contributed by atoms with Gasteiger partial charge in [0.05, 0.1) is 5.75 Å². The Kier molecular flexibility index (Phi) is 7.38. The van der Waals surface area contributed by atoms with Gasteiger partial charge in [-0.15, -0.1) is 0 Å². The number of hydrogen-bond donors (Lipinski definition) is 1. The van der Waals surface area contributed by atoms with E-state index in [-0.39, 0.29) is 23.3 Å². The summed E-state index contributed by atoms with van der Waals surface area (Å²) in [7, 11) is -4.11. The molecule has 0 amide bonds. The predicted octanol–water partition coefficient (Wildman–Crippen LogP) is 0.297. The fourth-order valence-corrected chi connectivity index (χ4v) is 4.54. The van der Waals surface area contributed by atoms with E-state index in [9.17, 15) is 12.6 Å². The molecule has 0 saturated heterocycles. The summed E-state index contributed by atoms with van der Waals surface area (Å²) in [5.74, 6) is 0.822. The van der Waals surface area contributed by atoms with Gasteiger partial charge in [-0.1, -0.05) is 13.8 Å². The van der Waals surface area contributed by atoms with Gasteiger partial charge in [0.2, 0.25) is 0 Å². The molecule has 2 unspecified atom stereocenters. The number of sulfone groups is 1. The van der Waals surface area contributed by atoms with Crippen LogP contribution in [0.25, 0.3) is 0 Å². The van der Waals surface area contributed by atoms with Gasteiger partial charge in [0.25, 0.3) is 0 Å². The molecule has 4 nitrogen and oxygen atoms in total. The molecule has 0 aromatic rings. The lowest BCUT2D eigenvalue weighted by Gasteiger charge is -2.08. The van der Waals surface area contributed by atoms with Crippen LogP contribution in [0.15, 0.2) is 0 Å². The molecule has 0 radical (unpaired) electrons. The minimum Gasteiger partial charge on any atom is -0.327 e. The highest BCUT2D eigenvalue weighted by Gasteiger charge is 2.13. The molecule has 0 rings (SSSR count). The summed E-state index contributed by atoms with van der Waals surface area (Å²) in [4.78, 5) is 0. The largest absolute Gasteiger partial charge is 0.327 e. The summed E-state index contributed by atoms with van der Waals surface area (Å²) < 4.78 is 34.1. The second kappa shape index (κ2) is 7.35. The zero-order chi connectivity index (χ0) is 11.9. The van der Waals surface area contributed by atoms with Crippen molar-refractivity contribution in [3.63, 3.8) is 0 Å². The van der Waals surface area contributed by atoms with Crippen LogP contribution in [0, 0.1) is 0 Å². The molecule has 6 heteroatoms. The van der Waals surface area contributed by atoms with E-state index < -0.39 is 20.6 Å². The minimum atomic E-state index is -3.00. The second-order valence-electron chi connectivity index (χ2n) is 3.63. The predicted molar refractivity (Wildman–Crippen MR) is 65.1 cm³/mol. The zero-order valence-corrected chi connectivity index (χ0v) is 11.1. The van der Waals surface area contributed by atoms with Crippen LogP contribution in [0.2, 0.25) is 0 Å². The van der Waals surface area contributed by atoms with Crippen molar-refractivity contribution in [2.75, 3.05) is 23.0 Å². The van der Waals surface area contributed by atoms with E-state index in [1.165, 1.54) is 0 Å². The fourth-order valence-electron chi connectivity index (χ4n) is 1.07. The maximum absolute atomic E-state index is 11.4. The molecule has 0 bridgehead atoms. The molecule has 2 N–H and O–H groups in total. The first-order valence-electron chi connectivity index (χ1n) is 5.22. The van der Waals surface area contributed by atoms with E-state index in [4.69, 9.17) is 5.73 Å². The molecule has 0 aliphatic heterocycles. The lowest BCUT2D eigenvalue weighted by atomic mass is 10.3. The van der Waals surface area contributed by atoms with Crippen LogP contribution in [0.4, 0.5) is 0 Å². The maximum atomic E-state index is 11.4. The van der Waals surface area contributed by atoms with Crippen molar-refractivity contribution in [3.8, 4) is 0 Å². The lowest BCUT2D eigenvalue weighted by molar-refractivity contribution is 0.595. The van der Waals surface area contributed by atoms with Gasteiger partial charge in [0.1, 0.15) is 0 Å². The summed E-state index contributed by atoms with van der Waals surface area (Å²) in [6.07, 6.45) is 1.39. The molecule has 0 aliphatic carbocycles. The van der Waals surface area contributed by atoms with Crippen molar-refractivity contribution in [1.29, 1.82) is 0 Å². The first-order valence-corrected chi connectivity index (χ1v) is 8.53. The normalized spacial score (nSPS) is 16.2. The zero-order valence-electron chi connectivity index (χ0n) is 9.44. The summed E-state index contributed by atoms with van der Waals surface area (Å²) in [5, 5.41) is 0. The molecule has 0 spiro atoms. The van der Waals surface area contributed by atoms with Crippen LogP contribution in [-0.2, 0) is 20.6 Å². The highest BCUT2D eigenvalue weighted by molar-refractivity contribution is 7.93. The first-order chi connectivity index (χ1) is 6.91. The van der Waals surface area contributed by atoms with Crippen LogP contribution in [0.3, 0.4) is 0 Å². The Morgan fingerprint density at radius 3 is 2.33 bits per heavy atom. The van der Waals surface area contributed by atoms with Gasteiger partial charge in [0, 0.05) is 34.1 Å². The lowest BCUT2D eigenvalue weighted by Crippen LogP contribution is -2.28. The van der Waals surface area contributed by atoms with Crippen molar-refractivity contribution >= 4 is 20.6 Å². The van der Waals surface area contributed by atoms with Crippen molar-refractivity contribution < 1.29 is 12.6 Å². The van der Waals surface area contributed by atoms with Crippen LogP contribution in [-0.4, -0.2) is 41.7 Å². The summed E-state index contributed by atoms with van der Waals surface area (Å²) in [6, 6.07) is -0.0836. The minimum absolute atomic E-state index is 0.0177. The van der Waals surface area contributed by atoms with Gasteiger partial charge in [-0.2, -0.15) is 0 Å². The van der Waals surface area contributed by atoms with Gasteiger partial charge in [0.15, 0.2) is 9.84 Å². The van der Waals surface area contributed by atoms with Crippen LogP contribution in [0.1, 0.15) is 26.7 Å². The topological polar surface area (TPSA) is 77.2 Å². The van der Waals surface area contributed by atoms with Gasteiger partial charge in [-0.3, -0.25) is 4.21 Å². The van der Waals surface area contributed by atoms with E-state index in [0.29, 0.717) is 12.2 Å². The maximum Gasteiger partial charge on any atom is 0.151 e. The third kappa shape index (κ3) is 7.93. The second-order valence-corrected chi connectivity index (χ2v) is 7.56. The van der Waals surface area contributed by atoms with E-state index in [2.05, 4.69) is 0 Å². The molecule has 0 saturated carbocycles. The van der Waals surface area contributed by atoms with Crippen molar-refractivity contribution in [3.05, 3.63) is 0 Å². The summed E-state index contributed by atoms with van der Waals surface area (Å²) in [5.41, 5.74) is 5.63. The Labute approximate surface area is 95.0 Å². The molecular weight excluding hydrogens is 234 g/mol. The Balaban J connectivity index is 3.90. The van der Waals surface area contributed by atoms with Gasteiger partial charge < -0.3 is 5.73 Å². The quantitative estimate of drug-likeness (QED) is 0.676. The monoisotopic (exact) mass is 255 g/mol. The molecule has 0 fully saturated rings. The third-order valence-corrected chi connectivity index (χ3v) is 5.64. The Hall–Kier alpha value is 0.0600. The molecule has 0 aliphatic rings. The number of rotatable bonds is 8.